The van der Waals surface area contributed by atoms with Crippen molar-refractivity contribution in [2.45, 2.75) is 31.9 Å². The summed E-state index contributed by atoms with van der Waals surface area (Å²) in [6.07, 6.45) is 4.69. The first kappa shape index (κ1) is 17.0. The first-order valence-electron chi connectivity index (χ1n) is 7.33. The Hall–Kier alpha value is -1.38. The van der Waals surface area contributed by atoms with Crippen LogP contribution in [0.5, 0.6) is 0 Å². The normalized spacial score (nSPS) is 19.4. The lowest BCUT2D eigenvalue weighted by molar-refractivity contribution is -0.124. The molecule has 1 saturated heterocycles. The summed E-state index contributed by atoms with van der Waals surface area (Å²) in [6.45, 7) is 1.79. The van der Waals surface area contributed by atoms with Gasteiger partial charge < -0.3 is 14.5 Å². The molecule has 124 valence electrons. The summed E-state index contributed by atoms with van der Waals surface area (Å²) in [4.78, 5) is 12.0. The minimum Gasteiger partial charge on any atom is -0.467 e. The highest BCUT2D eigenvalue weighted by Crippen LogP contribution is 2.20. The lowest BCUT2D eigenvalue weighted by Gasteiger charge is -2.21. The van der Waals surface area contributed by atoms with Gasteiger partial charge in [-0.15, -0.1) is 0 Å². The number of hydrogen-bond donors (Lipinski definition) is 1. The van der Waals surface area contributed by atoms with Crippen molar-refractivity contribution in [2.24, 2.45) is 0 Å². The molecule has 1 fully saturated rings. The summed E-state index contributed by atoms with van der Waals surface area (Å²) < 4.78 is 35.0. The van der Waals surface area contributed by atoms with Crippen LogP contribution in [0, 0.1) is 0 Å². The van der Waals surface area contributed by atoms with Gasteiger partial charge in [-0.05, 0) is 31.4 Å². The molecule has 1 aliphatic heterocycles. The second-order valence-electron chi connectivity index (χ2n) is 5.31. The van der Waals surface area contributed by atoms with Crippen LogP contribution in [0.15, 0.2) is 22.8 Å². The zero-order valence-electron chi connectivity index (χ0n) is 12.7. The summed E-state index contributed by atoms with van der Waals surface area (Å²) in [5, 5.41) is 2.77. The average molecular weight is 330 g/mol. The molecular formula is C14H22N2O5S. The quantitative estimate of drug-likeness (QED) is 0.710. The minimum absolute atomic E-state index is 0.228. The van der Waals surface area contributed by atoms with Gasteiger partial charge in [0.2, 0.25) is 15.9 Å². The number of ether oxygens (including phenoxy) is 1. The smallest absolute Gasteiger partial charge is 0.238 e. The van der Waals surface area contributed by atoms with Crippen molar-refractivity contribution in [1.82, 2.24) is 9.62 Å². The lowest BCUT2D eigenvalue weighted by atomic mass is 10.2. The highest BCUT2D eigenvalue weighted by molar-refractivity contribution is 7.88. The molecule has 1 aromatic heterocycles. The third kappa shape index (κ3) is 4.82. The maximum atomic E-state index is 12.0. The molecular weight excluding hydrogens is 308 g/mol. The predicted octanol–water partition coefficient (Wildman–Crippen LogP) is 0.727. The molecule has 0 spiro atoms. The summed E-state index contributed by atoms with van der Waals surface area (Å²) >= 11 is 0. The Balaban J connectivity index is 1.63. The third-order valence-corrected chi connectivity index (χ3v) is 4.81. The molecule has 0 bridgehead atoms. The van der Waals surface area contributed by atoms with Crippen LogP contribution in [0.25, 0.3) is 0 Å². The van der Waals surface area contributed by atoms with Crippen molar-refractivity contribution >= 4 is 15.9 Å². The highest BCUT2D eigenvalue weighted by Gasteiger charge is 2.36. The van der Waals surface area contributed by atoms with Gasteiger partial charge in [0.05, 0.1) is 12.5 Å². The van der Waals surface area contributed by atoms with Crippen molar-refractivity contribution in [3.63, 3.8) is 0 Å². The molecule has 0 aromatic carbocycles. The molecule has 1 amide bonds. The van der Waals surface area contributed by atoms with E-state index in [1.54, 1.807) is 12.3 Å². The second kappa shape index (κ2) is 7.75. The molecule has 2 rings (SSSR count). The van der Waals surface area contributed by atoms with Crippen LogP contribution < -0.4 is 5.32 Å². The average Bonchev–Trinajstić information content (AvgIpc) is 3.11. The van der Waals surface area contributed by atoms with Gasteiger partial charge >= 0.3 is 0 Å². The van der Waals surface area contributed by atoms with Crippen LogP contribution in [0.2, 0.25) is 0 Å². The molecule has 0 aliphatic carbocycles. The van der Waals surface area contributed by atoms with Gasteiger partial charge in [-0.3, -0.25) is 4.79 Å². The van der Waals surface area contributed by atoms with Gasteiger partial charge in [0.15, 0.2) is 0 Å². The highest BCUT2D eigenvalue weighted by atomic mass is 32.2. The SMILES string of the molecule is CS(=O)(=O)N1CCCC1C(=O)NCCCOCc1ccco1. The van der Waals surface area contributed by atoms with E-state index in [4.69, 9.17) is 9.15 Å². The Morgan fingerprint density at radius 2 is 2.36 bits per heavy atom. The van der Waals surface area contributed by atoms with E-state index < -0.39 is 16.1 Å². The maximum absolute atomic E-state index is 12.0. The number of amides is 1. The van der Waals surface area contributed by atoms with Crippen LogP contribution in [-0.4, -0.2) is 50.6 Å². The fourth-order valence-electron chi connectivity index (χ4n) is 2.47. The Morgan fingerprint density at radius 1 is 1.55 bits per heavy atom. The van der Waals surface area contributed by atoms with Crippen LogP contribution >= 0.6 is 0 Å². The van der Waals surface area contributed by atoms with E-state index in [9.17, 15) is 13.2 Å². The first-order valence-corrected chi connectivity index (χ1v) is 9.18. The molecule has 1 N–H and O–H groups in total. The van der Waals surface area contributed by atoms with Gasteiger partial charge in [-0.25, -0.2) is 8.42 Å². The van der Waals surface area contributed by atoms with Gasteiger partial charge in [0.1, 0.15) is 18.4 Å². The van der Waals surface area contributed by atoms with E-state index in [-0.39, 0.29) is 5.91 Å². The third-order valence-electron chi connectivity index (χ3n) is 3.52. The lowest BCUT2D eigenvalue weighted by Crippen LogP contribution is -2.45. The Labute approximate surface area is 130 Å². The molecule has 0 saturated carbocycles. The van der Waals surface area contributed by atoms with Crippen LogP contribution in [0.3, 0.4) is 0 Å². The van der Waals surface area contributed by atoms with E-state index in [2.05, 4.69) is 5.32 Å². The largest absolute Gasteiger partial charge is 0.467 e. The van der Waals surface area contributed by atoms with E-state index in [1.165, 1.54) is 4.31 Å². The standard InChI is InChI=1S/C14H22N2O5S/c1-22(18,19)16-8-2-6-13(16)14(17)15-7-4-9-20-11-12-5-3-10-21-12/h3,5,10,13H,2,4,6-9,11H2,1H3,(H,15,17). The summed E-state index contributed by atoms with van der Waals surface area (Å²) in [7, 11) is -3.32. The molecule has 7 nitrogen and oxygen atoms in total. The Morgan fingerprint density at radius 3 is 3.05 bits per heavy atom. The summed E-state index contributed by atoms with van der Waals surface area (Å²) in [5.41, 5.74) is 0. The zero-order valence-corrected chi connectivity index (χ0v) is 13.5. The van der Waals surface area contributed by atoms with Crippen molar-refractivity contribution in [1.29, 1.82) is 0 Å². The van der Waals surface area contributed by atoms with Crippen molar-refractivity contribution < 1.29 is 22.4 Å². The van der Waals surface area contributed by atoms with E-state index >= 15 is 0 Å². The number of sulfonamides is 1. The van der Waals surface area contributed by atoms with Crippen LogP contribution in [-0.2, 0) is 26.2 Å². The predicted molar refractivity (Wildman–Crippen MR) is 80.6 cm³/mol. The van der Waals surface area contributed by atoms with Gasteiger partial charge in [0.25, 0.3) is 0 Å². The van der Waals surface area contributed by atoms with Crippen molar-refractivity contribution in [2.75, 3.05) is 26.0 Å². The van der Waals surface area contributed by atoms with Gasteiger partial charge in [-0.1, -0.05) is 0 Å². The molecule has 1 aromatic rings. The van der Waals surface area contributed by atoms with Gasteiger partial charge in [-0.2, -0.15) is 4.31 Å². The number of rotatable bonds is 8. The summed E-state index contributed by atoms with van der Waals surface area (Å²) in [5.74, 6) is 0.535. The maximum Gasteiger partial charge on any atom is 0.238 e. The van der Waals surface area contributed by atoms with Gasteiger partial charge in [0, 0.05) is 19.7 Å². The molecule has 2 heterocycles. The number of nitrogens with zero attached hydrogens (tertiary/aromatic N) is 1. The molecule has 1 aliphatic rings. The van der Waals surface area contributed by atoms with E-state index in [1.807, 2.05) is 6.07 Å². The van der Waals surface area contributed by atoms with Crippen molar-refractivity contribution in [3.05, 3.63) is 24.2 Å². The molecule has 1 unspecified atom stereocenters. The van der Waals surface area contributed by atoms with Crippen molar-refractivity contribution in [3.8, 4) is 0 Å². The Kier molecular flexibility index (Phi) is 5.98. The van der Waals surface area contributed by atoms with E-state index in [0.717, 1.165) is 18.4 Å². The molecule has 1 atom stereocenters. The zero-order chi connectivity index (χ0) is 16.0. The first-order chi connectivity index (χ1) is 10.5. The Bertz CT molecular complexity index is 570. The van der Waals surface area contributed by atoms with E-state index in [0.29, 0.717) is 39.1 Å². The van der Waals surface area contributed by atoms with Crippen LogP contribution in [0.4, 0.5) is 0 Å². The minimum atomic E-state index is -3.32. The molecule has 22 heavy (non-hydrogen) atoms. The number of hydrogen-bond acceptors (Lipinski definition) is 5. The number of nitrogens with one attached hydrogen (secondary N) is 1. The fourth-order valence-corrected chi connectivity index (χ4v) is 3.59. The molecule has 0 radical (unpaired) electrons. The summed E-state index contributed by atoms with van der Waals surface area (Å²) in [6, 6.07) is 3.06. The second-order valence-corrected chi connectivity index (χ2v) is 7.24. The number of carbonyl (C=O) groups excluding carboxylic acids is 1. The molecule has 8 heteroatoms. The number of carbonyl (C=O) groups is 1. The fraction of sp³-hybridized carbons (Fsp3) is 0.643. The monoisotopic (exact) mass is 330 g/mol. The topological polar surface area (TPSA) is 88.9 Å². The number of furan rings is 1. The van der Waals surface area contributed by atoms with Crippen LogP contribution in [0.1, 0.15) is 25.0 Å².